The Kier molecular flexibility index (Phi) is 6.58. The number of nitrogens with one attached hydrogen (secondary N) is 1. The van der Waals surface area contributed by atoms with Crippen molar-refractivity contribution in [1.82, 2.24) is 19.5 Å². The predicted molar refractivity (Wildman–Crippen MR) is 136 cm³/mol. The van der Waals surface area contributed by atoms with Crippen molar-refractivity contribution in [3.63, 3.8) is 0 Å². The highest BCUT2D eigenvalue weighted by Gasteiger charge is 2.17. The third-order valence-corrected chi connectivity index (χ3v) is 5.61. The largest absolute Gasteiger partial charge is 0.397 e. The smallest absolute Gasteiger partial charge is 0.255 e. The second-order valence-electron chi connectivity index (χ2n) is 8.23. The lowest BCUT2D eigenvalue weighted by Crippen LogP contribution is -2.19. The number of carbonyl (C=O) groups excluding carboxylic acids is 1. The molecule has 0 saturated heterocycles. The third kappa shape index (κ3) is 4.61. The molecule has 4 aromatic rings. The molecule has 0 spiro atoms. The number of aryl methyl sites for hydroxylation is 1. The molecule has 8 heteroatoms. The minimum absolute atomic E-state index is 0.219. The van der Waals surface area contributed by atoms with E-state index in [1.54, 1.807) is 30.5 Å². The maximum absolute atomic E-state index is 12.7. The summed E-state index contributed by atoms with van der Waals surface area (Å²) in [5.41, 5.74) is 10.2. The molecule has 8 nitrogen and oxygen atoms in total. The fourth-order valence-corrected chi connectivity index (χ4v) is 3.95. The number of nitrogens with two attached hydrogens (primary N) is 1. The van der Waals surface area contributed by atoms with E-state index in [1.165, 1.54) is 0 Å². The SMILES string of the molecule is CCN(c1ccc(C(=O)Nc2ccccc2N)cc1)c1nccc(-c2cnc(C)n2C(C)C)n1. The second kappa shape index (κ2) is 9.74. The molecule has 174 valence electrons. The van der Waals surface area contributed by atoms with Crippen molar-refractivity contribution in [2.45, 2.75) is 33.7 Å². The van der Waals surface area contributed by atoms with Crippen LogP contribution in [0.3, 0.4) is 0 Å². The molecule has 2 aromatic heterocycles. The normalized spacial score (nSPS) is 11.0. The van der Waals surface area contributed by atoms with Crippen molar-refractivity contribution in [1.29, 1.82) is 0 Å². The standard InChI is InChI=1S/C26H29N7O/c1-5-32(26-28-15-14-23(31-26)24-16-29-18(4)33(24)17(2)3)20-12-10-19(11-13-20)25(34)30-22-9-7-6-8-21(22)27/h6-17H,5,27H2,1-4H3,(H,30,34). The number of benzene rings is 2. The van der Waals surface area contributed by atoms with Crippen molar-refractivity contribution < 1.29 is 4.79 Å². The molecule has 0 atom stereocenters. The van der Waals surface area contributed by atoms with Crippen LogP contribution in [0.5, 0.6) is 0 Å². The maximum Gasteiger partial charge on any atom is 0.255 e. The summed E-state index contributed by atoms with van der Waals surface area (Å²) in [5, 5.41) is 2.85. The van der Waals surface area contributed by atoms with Gasteiger partial charge in [0.2, 0.25) is 5.95 Å². The molecule has 2 heterocycles. The summed E-state index contributed by atoms with van der Waals surface area (Å²) >= 11 is 0. The van der Waals surface area contributed by atoms with E-state index in [0.29, 0.717) is 29.4 Å². The van der Waals surface area contributed by atoms with Crippen LogP contribution in [-0.4, -0.2) is 32.0 Å². The average Bonchev–Trinajstić information content (AvgIpc) is 3.23. The lowest BCUT2D eigenvalue weighted by molar-refractivity contribution is 0.102. The zero-order valence-electron chi connectivity index (χ0n) is 19.9. The number of hydrogen-bond donors (Lipinski definition) is 2. The molecule has 0 radical (unpaired) electrons. The molecule has 2 aromatic carbocycles. The average molecular weight is 456 g/mol. The Bertz CT molecular complexity index is 1290. The number of amides is 1. The molecule has 34 heavy (non-hydrogen) atoms. The zero-order valence-corrected chi connectivity index (χ0v) is 19.9. The van der Waals surface area contributed by atoms with E-state index in [9.17, 15) is 4.79 Å². The van der Waals surface area contributed by atoms with Crippen LogP contribution in [0.2, 0.25) is 0 Å². The first-order valence-electron chi connectivity index (χ1n) is 11.3. The van der Waals surface area contributed by atoms with E-state index in [2.05, 4.69) is 33.7 Å². The molecule has 0 saturated carbocycles. The van der Waals surface area contributed by atoms with Crippen LogP contribution < -0.4 is 16.0 Å². The monoisotopic (exact) mass is 455 g/mol. The van der Waals surface area contributed by atoms with Gasteiger partial charge in [-0.15, -0.1) is 0 Å². The number of carbonyl (C=O) groups is 1. The van der Waals surface area contributed by atoms with Crippen LogP contribution in [0.1, 0.15) is 43.0 Å². The van der Waals surface area contributed by atoms with Crippen LogP contribution in [0.15, 0.2) is 67.0 Å². The Morgan fingerprint density at radius 2 is 1.82 bits per heavy atom. The first-order valence-corrected chi connectivity index (χ1v) is 11.3. The van der Waals surface area contributed by atoms with Gasteiger partial charge in [-0.2, -0.15) is 0 Å². The Morgan fingerprint density at radius 1 is 1.09 bits per heavy atom. The summed E-state index contributed by atoms with van der Waals surface area (Å²) in [6.07, 6.45) is 3.62. The fourth-order valence-electron chi connectivity index (χ4n) is 3.95. The highest BCUT2D eigenvalue weighted by Crippen LogP contribution is 2.27. The molecule has 0 aliphatic heterocycles. The highest BCUT2D eigenvalue weighted by molar-refractivity contribution is 6.05. The van der Waals surface area contributed by atoms with Crippen LogP contribution >= 0.6 is 0 Å². The van der Waals surface area contributed by atoms with Gasteiger partial charge in [-0.1, -0.05) is 12.1 Å². The van der Waals surface area contributed by atoms with Crippen molar-refractivity contribution in [2.24, 2.45) is 0 Å². The number of anilines is 4. The topological polar surface area (TPSA) is 102 Å². The lowest BCUT2D eigenvalue weighted by atomic mass is 10.1. The number of nitrogens with zero attached hydrogens (tertiary/aromatic N) is 5. The number of para-hydroxylation sites is 2. The summed E-state index contributed by atoms with van der Waals surface area (Å²) in [6, 6.07) is 16.7. The van der Waals surface area contributed by atoms with Gasteiger partial charge >= 0.3 is 0 Å². The number of rotatable bonds is 7. The summed E-state index contributed by atoms with van der Waals surface area (Å²) in [5.74, 6) is 1.31. The fraction of sp³-hybridized carbons (Fsp3) is 0.231. The van der Waals surface area contributed by atoms with Gasteiger partial charge < -0.3 is 20.5 Å². The molecule has 1 amide bonds. The van der Waals surface area contributed by atoms with Gasteiger partial charge in [0, 0.05) is 30.0 Å². The lowest BCUT2D eigenvalue weighted by Gasteiger charge is -2.22. The highest BCUT2D eigenvalue weighted by atomic mass is 16.1. The summed E-state index contributed by atoms with van der Waals surface area (Å²) < 4.78 is 2.16. The Balaban J connectivity index is 1.58. The third-order valence-electron chi connectivity index (χ3n) is 5.61. The Morgan fingerprint density at radius 3 is 2.50 bits per heavy atom. The van der Waals surface area contributed by atoms with Crippen LogP contribution in [0.4, 0.5) is 23.0 Å². The van der Waals surface area contributed by atoms with Gasteiger partial charge in [-0.25, -0.2) is 15.0 Å². The molecule has 0 aliphatic carbocycles. The quantitative estimate of drug-likeness (QED) is 0.370. The van der Waals surface area contributed by atoms with Gasteiger partial charge in [0.15, 0.2) is 0 Å². The first-order chi connectivity index (χ1) is 16.4. The van der Waals surface area contributed by atoms with Gasteiger partial charge in [0.25, 0.3) is 5.91 Å². The summed E-state index contributed by atoms with van der Waals surface area (Å²) in [6.45, 7) is 8.95. The van der Waals surface area contributed by atoms with E-state index < -0.39 is 0 Å². The molecular formula is C26H29N7O. The molecule has 0 bridgehead atoms. The predicted octanol–water partition coefficient (Wildman–Crippen LogP) is 5.22. The second-order valence-corrected chi connectivity index (χ2v) is 8.23. The number of imidazole rings is 1. The van der Waals surface area contributed by atoms with Crippen LogP contribution in [0, 0.1) is 6.92 Å². The van der Waals surface area contributed by atoms with E-state index in [0.717, 1.165) is 22.9 Å². The summed E-state index contributed by atoms with van der Waals surface area (Å²) in [7, 11) is 0. The molecule has 3 N–H and O–H groups in total. The van der Waals surface area contributed by atoms with E-state index in [1.807, 2.05) is 55.3 Å². The van der Waals surface area contributed by atoms with E-state index >= 15 is 0 Å². The van der Waals surface area contributed by atoms with Crippen molar-refractivity contribution in [2.75, 3.05) is 22.5 Å². The number of aromatic nitrogens is 4. The van der Waals surface area contributed by atoms with Gasteiger partial charge in [0.05, 0.1) is 29.0 Å². The van der Waals surface area contributed by atoms with E-state index in [4.69, 9.17) is 10.7 Å². The van der Waals surface area contributed by atoms with Crippen molar-refractivity contribution >= 4 is 28.9 Å². The molecule has 4 rings (SSSR count). The number of nitrogen functional groups attached to an aromatic ring is 1. The van der Waals surface area contributed by atoms with Crippen LogP contribution in [-0.2, 0) is 0 Å². The molecule has 0 fully saturated rings. The zero-order chi connectivity index (χ0) is 24.2. The minimum Gasteiger partial charge on any atom is -0.397 e. The molecule has 0 unspecified atom stereocenters. The van der Waals surface area contributed by atoms with Gasteiger partial charge in [-0.3, -0.25) is 4.79 Å². The van der Waals surface area contributed by atoms with Gasteiger partial charge in [-0.05, 0) is 70.2 Å². The number of hydrogen-bond acceptors (Lipinski definition) is 6. The van der Waals surface area contributed by atoms with Crippen molar-refractivity contribution in [3.8, 4) is 11.4 Å². The Hall–Kier alpha value is -4.20. The maximum atomic E-state index is 12.7. The van der Waals surface area contributed by atoms with E-state index in [-0.39, 0.29) is 11.9 Å². The minimum atomic E-state index is -0.219. The Labute approximate surface area is 199 Å². The first kappa shape index (κ1) is 23.0. The summed E-state index contributed by atoms with van der Waals surface area (Å²) in [4.78, 5) is 28.5. The molecule has 0 aliphatic rings. The van der Waals surface area contributed by atoms with Crippen molar-refractivity contribution in [3.05, 3.63) is 78.4 Å². The van der Waals surface area contributed by atoms with Gasteiger partial charge in [0.1, 0.15) is 5.82 Å². The van der Waals surface area contributed by atoms with Crippen LogP contribution in [0.25, 0.3) is 11.4 Å². The molecular weight excluding hydrogens is 426 g/mol.